The molecule has 0 N–H and O–H groups in total. The summed E-state index contributed by atoms with van der Waals surface area (Å²) < 4.78 is 0. The lowest BCUT2D eigenvalue weighted by molar-refractivity contribution is -0.139. The second-order valence-corrected chi connectivity index (χ2v) is 10.0. The van der Waals surface area contributed by atoms with E-state index < -0.39 is 0 Å². The van der Waals surface area contributed by atoms with Crippen LogP contribution in [0.1, 0.15) is 48.5 Å². The van der Waals surface area contributed by atoms with Crippen LogP contribution in [0.5, 0.6) is 0 Å². The van der Waals surface area contributed by atoms with Gasteiger partial charge in [-0.25, -0.2) is 0 Å². The third kappa shape index (κ3) is 4.86. The van der Waals surface area contributed by atoms with E-state index >= 15 is 0 Å². The van der Waals surface area contributed by atoms with Crippen LogP contribution in [0.25, 0.3) is 0 Å². The van der Waals surface area contributed by atoms with Gasteiger partial charge in [-0.05, 0) is 42.9 Å². The van der Waals surface area contributed by atoms with E-state index in [1.165, 1.54) is 31.2 Å². The number of nitrogens with zero attached hydrogens (tertiary/aromatic N) is 3. The van der Waals surface area contributed by atoms with Gasteiger partial charge in [0, 0.05) is 56.3 Å². The average molecular weight is 430 g/mol. The second-order valence-electron chi connectivity index (χ2n) is 8.81. The van der Waals surface area contributed by atoms with E-state index in [9.17, 15) is 9.59 Å². The molecule has 1 unspecified atom stereocenters. The normalized spacial score (nSPS) is 22.3. The number of thioether (sulfide) groups is 1. The minimum atomic E-state index is 0.0108. The average Bonchev–Trinajstić information content (AvgIpc) is 3.34. The predicted octanol–water partition coefficient (Wildman–Crippen LogP) is 3.14. The molecular weight excluding hydrogens is 394 g/mol. The van der Waals surface area contributed by atoms with Crippen LogP contribution < -0.4 is 0 Å². The van der Waals surface area contributed by atoms with E-state index in [2.05, 4.69) is 28.9 Å². The molecule has 0 spiro atoms. The molecule has 1 aromatic carbocycles. The van der Waals surface area contributed by atoms with Crippen LogP contribution in [0.2, 0.25) is 0 Å². The number of amides is 2. The van der Waals surface area contributed by atoms with Gasteiger partial charge in [-0.3, -0.25) is 14.5 Å². The van der Waals surface area contributed by atoms with Gasteiger partial charge in [0.1, 0.15) is 0 Å². The van der Waals surface area contributed by atoms with Crippen LogP contribution in [-0.4, -0.2) is 83.3 Å². The van der Waals surface area contributed by atoms with Gasteiger partial charge in [0.2, 0.25) is 5.91 Å². The van der Waals surface area contributed by atoms with E-state index in [-0.39, 0.29) is 11.9 Å². The molecule has 1 aromatic rings. The summed E-state index contributed by atoms with van der Waals surface area (Å²) in [6.45, 7) is 6.92. The third-order valence-electron chi connectivity index (χ3n) is 7.03. The largest absolute Gasteiger partial charge is 0.340 e. The smallest absolute Gasteiger partial charge is 0.253 e. The molecule has 2 aliphatic heterocycles. The molecule has 4 rings (SSSR count). The summed E-state index contributed by atoms with van der Waals surface area (Å²) in [5.74, 6) is 3.06. The van der Waals surface area contributed by atoms with E-state index in [0.29, 0.717) is 24.9 Å². The van der Waals surface area contributed by atoms with Gasteiger partial charge in [-0.1, -0.05) is 31.9 Å². The Morgan fingerprint density at radius 3 is 2.17 bits per heavy atom. The minimum absolute atomic E-state index is 0.0108. The van der Waals surface area contributed by atoms with Crippen molar-refractivity contribution in [3.05, 3.63) is 35.4 Å². The predicted molar refractivity (Wildman–Crippen MR) is 123 cm³/mol. The van der Waals surface area contributed by atoms with Gasteiger partial charge < -0.3 is 9.80 Å². The summed E-state index contributed by atoms with van der Waals surface area (Å²) in [5.41, 5.74) is 2.03. The molecule has 2 saturated heterocycles. The fourth-order valence-corrected chi connectivity index (χ4v) is 6.07. The van der Waals surface area contributed by atoms with E-state index in [1.54, 1.807) is 0 Å². The first-order valence-electron chi connectivity index (χ1n) is 11.7. The Labute approximate surface area is 185 Å². The third-order valence-corrected chi connectivity index (χ3v) is 7.97. The van der Waals surface area contributed by atoms with Crippen molar-refractivity contribution in [1.82, 2.24) is 14.7 Å². The first kappa shape index (κ1) is 21.7. The van der Waals surface area contributed by atoms with Crippen LogP contribution in [0.4, 0.5) is 0 Å². The Kier molecular flexibility index (Phi) is 7.37. The van der Waals surface area contributed by atoms with Gasteiger partial charge >= 0.3 is 0 Å². The zero-order chi connectivity index (χ0) is 20.9. The van der Waals surface area contributed by atoms with Crippen molar-refractivity contribution >= 4 is 23.6 Å². The van der Waals surface area contributed by atoms with E-state index in [1.807, 2.05) is 28.8 Å². The molecule has 30 heavy (non-hydrogen) atoms. The number of carbonyl (C=O) groups excluding carboxylic acids is 2. The van der Waals surface area contributed by atoms with Gasteiger partial charge in [0.25, 0.3) is 5.91 Å². The number of rotatable bonds is 5. The second kappa shape index (κ2) is 10.2. The monoisotopic (exact) mass is 429 g/mol. The van der Waals surface area contributed by atoms with Crippen molar-refractivity contribution in [3.63, 3.8) is 0 Å². The molecule has 0 aromatic heterocycles. The Bertz CT molecular complexity index is 718. The van der Waals surface area contributed by atoms with Crippen molar-refractivity contribution < 1.29 is 9.59 Å². The van der Waals surface area contributed by atoms with Gasteiger partial charge in [-0.15, -0.1) is 0 Å². The van der Waals surface area contributed by atoms with Gasteiger partial charge in [0.15, 0.2) is 0 Å². The Morgan fingerprint density at radius 1 is 0.933 bits per heavy atom. The number of benzene rings is 1. The lowest BCUT2D eigenvalue weighted by Crippen LogP contribution is -2.59. The molecule has 1 atom stereocenters. The summed E-state index contributed by atoms with van der Waals surface area (Å²) in [5, 5.41) is 0. The number of carbonyl (C=O) groups is 2. The molecule has 2 heterocycles. The summed E-state index contributed by atoms with van der Waals surface area (Å²) in [4.78, 5) is 32.9. The molecule has 6 heteroatoms. The highest BCUT2D eigenvalue weighted by Crippen LogP contribution is 2.32. The number of aryl methyl sites for hydroxylation is 1. The molecule has 3 fully saturated rings. The van der Waals surface area contributed by atoms with Crippen molar-refractivity contribution in [3.8, 4) is 0 Å². The molecule has 164 valence electrons. The summed E-state index contributed by atoms with van der Waals surface area (Å²) in [7, 11) is 0. The zero-order valence-electron chi connectivity index (χ0n) is 18.2. The maximum atomic E-state index is 13.5. The number of piperazine rings is 1. The summed E-state index contributed by atoms with van der Waals surface area (Å²) in [6, 6.07) is 8.01. The first-order valence-corrected chi connectivity index (χ1v) is 12.8. The lowest BCUT2D eigenvalue weighted by atomic mass is 9.94. The highest BCUT2D eigenvalue weighted by Gasteiger charge is 2.39. The molecular formula is C24H35N3O2S. The van der Waals surface area contributed by atoms with E-state index in [4.69, 9.17) is 0 Å². The summed E-state index contributed by atoms with van der Waals surface area (Å²) >= 11 is 1.95. The van der Waals surface area contributed by atoms with Crippen LogP contribution in [0.3, 0.4) is 0 Å². The Hall–Kier alpha value is -1.53. The lowest BCUT2D eigenvalue weighted by Gasteiger charge is -2.43. The molecule has 5 nitrogen and oxygen atoms in total. The summed E-state index contributed by atoms with van der Waals surface area (Å²) in [6.07, 6.45) is 5.82. The molecule has 3 aliphatic rings. The Balaban J connectivity index is 1.40. The SMILES string of the molecule is CCc1ccc(C(=O)N2CCN(C(C(=O)N3CCSCC3)C3CCCC3)CC2)cc1. The minimum Gasteiger partial charge on any atom is -0.340 e. The maximum Gasteiger partial charge on any atom is 0.253 e. The zero-order valence-corrected chi connectivity index (χ0v) is 19.0. The topological polar surface area (TPSA) is 43.9 Å². The van der Waals surface area contributed by atoms with Gasteiger partial charge in [-0.2, -0.15) is 11.8 Å². The standard InChI is InChI=1S/C24H35N3O2S/c1-2-19-7-9-21(10-8-19)23(28)26-13-11-25(12-14-26)22(20-5-3-4-6-20)24(29)27-15-17-30-18-16-27/h7-10,20,22H,2-6,11-18H2,1H3. The fourth-order valence-electron chi connectivity index (χ4n) is 5.17. The number of hydrogen-bond acceptors (Lipinski definition) is 4. The molecule has 2 amide bonds. The fraction of sp³-hybridized carbons (Fsp3) is 0.667. The van der Waals surface area contributed by atoms with Gasteiger partial charge in [0.05, 0.1) is 6.04 Å². The molecule has 0 radical (unpaired) electrons. The molecule has 1 aliphatic carbocycles. The van der Waals surface area contributed by atoms with Crippen LogP contribution >= 0.6 is 11.8 Å². The van der Waals surface area contributed by atoms with Crippen LogP contribution in [-0.2, 0) is 11.2 Å². The van der Waals surface area contributed by atoms with E-state index in [0.717, 1.165) is 49.7 Å². The van der Waals surface area contributed by atoms with Crippen molar-refractivity contribution in [2.45, 2.75) is 45.1 Å². The van der Waals surface area contributed by atoms with Crippen molar-refractivity contribution in [2.75, 3.05) is 50.8 Å². The number of hydrogen-bond donors (Lipinski definition) is 0. The highest BCUT2D eigenvalue weighted by atomic mass is 32.2. The maximum absolute atomic E-state index is 13.5. The van der Waals surface area contributed by atoms with Crippen molar-refractivity contribution in [2.24, 2.45) is 5.92 Å². The highest BCUT2D eigenvalue weighted by molar-refractivity contribution is 7.99. The van der Waals surface area contributed by atoms with Crippen LogP contribution in [0.15, 0.2) is 24.3 Å². The van der Waals surface area contributed by atoms with Crippen LogP contribution in [0, 0.1) is 5.92 Å². The molecule has 1 saturated carbocycles. The van der Waals surface area contributed by atoms with Crippen molar-refractivity contribution in [1.29, 1.82) is 0 Å². The first-order chi connectivity index (χ1) is 14.7. The quantitative estimate of drug-likeness (QED) is 0.721. The molecule has 0 bridgehead atoms. The Morgan fingerprint density at radius 2 is 1.57 bits per heavy atom.